The molecule has 0 fully saturated rings. The topological polar surface area (TPSA) is 81.6 Å². The Morgan fingerprint density at radius 3 is 2.52 bits per heavy atom. The average Bonchev–Trinajstić information content (AvgIpc) is 3.23. The predicted octanol–water partition coefficient (Wildman–Crippen LogP) is 4.80. The Hall–Kier alpha value is -2.71. The van der Waals surface area contributed by atoms with Crippen molar-refractivity contribution in [3.63, 3.8) is 0 Å². The molecule has 0 spiro atoms. The van der Waals surface area contributed by atoms with E-state index < -0.39 is 11.7 Å². The third-order valence-electron chi connectivity index (χ3n) is 5.10. The van der Waals surface area contributed by atoms with Gasteiger partial charge in [-0.1, -0.05) is 19.9 Å². The first kappa shape index (κ1) is 26.5. The summed E-state index contributed by atoms with van der Waals surface area (Å²) >= 11 is 0. The van der Waals surface area contributed by atoms with Crippen molar-refractivity contribution in [1.82, 2.24) is 10.0 Å². The summed E-state index contributed by atoms with van der Waals surface area (Å²) in [6.07, 6.45) is 1.34. The van der Waals surface area contributed by atoms with Gasteiger partial charge in [-0.15, -0.1) is 0 Å². The fourth-order valence-electron chi connectivity index (χ4n) is 3.61. The van der Waals surface area contributed by atoms with Crippen LogP contribution in [0.5, 0.6) is 0 Å². The molecule has 0 aliphatic carbocycles. The number of benzene rings is 1. The molecular weight excluding hydrogens is 425 g/mol. The largest absolute Gasteiger partial charge is 0.373 e. The summed E-state index contributed by atoms with van der Waals surface area (Å²) in [6.45, 7) is 14.3. The lowest BCUT2D eigenvalue weighted by Gasteiger charge is -2.20. The average molecular weight is 462 g/mol. The van der Waals surface area contributed by atoms with Crippen LogP contribution in [-0.4, -0.2) is 29.3 Å². The van der Waals surface area contributed by atoms with Crippen molar-refractivity contribution < 1.29 is 18.8 Å². The molecule has 0 bridgehead atoms. The summed E-state index contributed by atoms with van der Waals surface area (Å²) < 4.78 is 21.7. The van der Waals surface area contributed by atoms with Gasteiger partial charge in [-0.25, -0.2) is 9.87 Å². The fraction of sp³-hybridized carbons (Fsp3) is 0.520. The van der Waals surface area contributed by atoms with Gasteiger partial charge >= 0.3 is 0 Å². The number of pyridine rings is 1. The van der Waals surface area contributed by atoms with Crippen LogP contribution in [0.3, 0.4) is 0 Å². The fourth-order valence-corrected chi connectivity index (χ4v) is 3.61. The van der Waals surface area contributed by atoms with Crippen molar-refractivity contribution in [2.75, 3.05) is 18.5 Å². The molecule has 3 rings (SSSR count). The van der Waals surface area contributed by atoms with E-state index in [1.807, 2.05) is 34.6 Å². The van der Waals surface area contributed by atoms with Crippen LogP contribution in [0.15, 0.2) is 23.0 Å². The zero-order valence-electron chi connectivity index (χ0n) is 20.7. The third-order valence-corrected chi connectivity index (χ3v) is 5.10. The third kappa shape index (κ3) is 6.65. The second-order valence-corrected chi connectivity index (χ2v) is 8.73. The van der Waals surface area contributed by atoms with Crippen molar-refractivity contribution in [3.8, 4) is 0 Å². The molecule has 8 heteroatoms. The number of nitrogens with one attached hydrogen (secondary N) is 2. The minimum Gasteiger partial charge on any atom is -0.373 e. The minimum absolute atomic E-state index is 0.173. The molecule has 0 atom stereocenters. The normalized spacial score (nSPS) is 12.6. The summed E-state index contributed by atoms with van der Waals surface area (Å²) in [5, 5.41) is 2.98. The van der Waals surface area contributed by atoms with Crippen LogP contribution in [0.25, 0.3) is 0 Å². The summed E-state index contributed by atoms with van der Waals surface area (Å²) in [5.74, 6) is -0.943. The standard InChI is InChI=1S/C23H30FN3O4.C2H6/c1-14-8-9-17(16(24)13-14)25-20-15(2)22(29)27-10-6-7-18(27)19(20)21(28)26-31-12-11-30-23(3,4)5;1-2/h8-9,13,25H,6-7,10-12H2,1-5H3,(H,26,28);1-2H3. The number of hydroxylamine groups is 1. The van der Waals surface area contributed by atoms with Crippen molar-refractivity contribution in [3.05, 3.63) is 56.8 Å². The van der Waals surface area contributed by atoms with Gasteiger partial charge in [0.2, 0.25) is 0 Å². The quantitative estimate of drug-likeness (QED) is 0.457. The van der Waals surface area contributed by atoms with Crippen molar-refractivity contribution in [2.24, 2.45) is 0 Å². The molecule has 0 unspecified atom stereocenters. The molecule has 7 nitrogen and oxygen atoms in total. The molecular formula is C25H36FN3O4. The first-order valence-electron chi connectivity index (χ1n) is 11.4. The van der Waals surface area contributed by atoms with E-state index in [1.165, 1.54) is 6.07 Å². The summed E-state index contributed by atoms with van der Waals surface area (Å²) in [6, 6.07) is 4.76. The lowest BCUT2D eigenvalue weighted by molar-refractivity contribution is -0.0511. The number of carbonyl (C=O) groups excluding carboxylic acids is 1. The highest BCUT2D eigenvalue weighted by atomic mass is 19.1. The first-order chi connectivity index (χ1) is 15.6. The van der Waals surface area contributed by atoms with Crippen LogP contribution in [0.4, 0.5) is 15.8 Å². The van der Waals surface area contributed by atoms with Crippen molar-refractivity contribution >= 4 is 17.3 Å². The highest BCUT2D eigenvalue weighted by Gasteiger charge is 2.27. The lowest BCUT2D eigenvalue weighted by atomic mass is 10.0. The molecule has 0 saturated heterocycles. The first-order valence-corrected chi connectivity index (χ1v) is 11.4. The Labute approximate surface area is 195 Å². The Morgan fingerprint density at radius 2 is 1.88 bits per heavy atom. The number of hydrogen-bond acceptors (Lipinski definition) is 5. The Bertz CT molecular complexity index is 1040. The summed E-state index contributed by atoms with van der Waals surface area (Å²) in [7, 11) is 0. The number of aromatic nitrogens is 1. The number of aryl methyl sites for hydroxylation is 1. The predicted molar refractivity (Wildman–Crippen MR) is 129 cm³/mol. The van der Waals surface area contributed by atoms with E-state index >= 15 is 0 Å². The Kier molecular flexibility index (Phi) is 9.19. The van der Waals surface area contributed by atoms with Gasteiger partial charge in [-0.05, 0) is 65.2 Å². The van der Waals surface area contributed by atoms with E-state index in [2.05, 4.69) is 10.8 Å². The highest BCUT2D eigenvalue weighted by molar-refractivity contribution is 6.01. The van der Waals surface area contributed by atoms with E-state index in [4.69, 9.17) is 9.57 Å². The number of carbonyl (C=O) groups is 1. The number of fused-ring (bicyclic) bond motifs is 1. The van der Waals surface area contributed by atoms with E-state index in [0.717, 1.165) is 12.0 Å². The van der Waals surface area contributed by atoms with Gasteiger partial charge in [0.1, 0.15) is 5.82 Å². The van der Waals surface area contributed by atoms with Gasteiger partial charge in [-0.3, -0.25) is 14.4 Å². The number of anilines is 2. The Morgan fingerprint density at radius 1 is 1.18 bits per heavy atom. The molecule has 33 heavy (non-hydrogen) atoms. The molecule has 2 aromatic rings. The van der Waals surface area contributed by atoms with Crippen LogP contribution in [0.1, 0.15) is 68.2 Å². The van der Waals surface area contributed by atoms with Crippen LogP contribution < -0.4 is 16.4 Å². The maximum atomic E-state index is 14.5. The van der Waals surface area contributed by atoms with Gasteiger partial charge in [0.15, 0.2) is 0 Å². The number of halogens is 1. The second kappa shape index (κ2) is 11.4. The zero-order valence-corrected chi connectivity index (χ0v) is 20.7. The van der Waals surface area contributed by atoms with E-state index in [0.29, 0.717) is 42.1 Å². The molecule has 0 radical (unpaired) electrons. The molecule has 1 amide bonds. The molecule has 2 N–H and O–H groups in total. The number of rotatable bonds is 7. The van der Waals surface area contributed by atoms with Gasteiger partial charge in [0, 0.05) is 17.8 Å². The number of ether oxygens (including phenoxy) is 1. The Balaban J connectivity index is 0.00000187. The SMILES string of the molecule is CC.Cc1ccc(Nc2c(C(=O)NOCCOC(C)(C)C)c3n(c(=O)c2C)CCC3)c(F)c1. The van der Waals surface area contributed by atoms with Crippen LogP contribution in [-0.2, 0) is 22.5 Å². The van der Waals surface area contributed by atoms with Crippen molar-refractivity contribution in [2.45, 2.75) is 73.5 Å². The maximum Gasteiger partial charge on any atom is 0.278 e. The number of amides is 1. The molecule has 2 heterocycles. The highest BCUT2D eigenvalue weighted by Crippen LogP contribution is 2.30. The van der Waals surface area contributed by atoms with E-state index in [1.54, 1.807) is 30.5 Å². The molecule has 0 saturated carbocycles. The van der Waals surface area contributed by atoms with E-state index in [-0.39, 0.29) is 23.5 Å². The monoisotopic (exact) mass is 461 g/mol. The van der Waals surface area contributed by atoms with Crippen LogP contribution in [0.2, 0.25) is 0 Å². The molecule has 1 aromatic heterocycles. The lowest BCUT2D eigenvalue weighted by Crippen LogP contribution is -2.32. The van der Waals surface area contributed by atoms with Gasteiger partial charge in [0.25, 0.3) is 11.5 Å². The number of nitrogens with zero attached hydrogens (tertiary/aromatic N) is 1. The van der Waals surface area contributed by atoms with E-state index in [9.17, 15) is 14.0 Å². The molecule has 1 aliphatic rings. The van der Waals surface area contributed by atoms with Gasteiger partial charge in [0.05, 0.1) is 35.8 Å². The second-order valence-electron chi connectivity index (χ2n) is 8.73. The molecule has 182 valence electrons. The van der Waals surface area contributed by atoms with Crippen LogP contribution in [0, 0.1) is 19.7 Å². The number of hydrogen-bond donors (Lipinski definition) is 2. The zero-order chi connectivity index (χ0) is 24.8. The summed E-state index contributed by atoms with van der Waals surface area (Å²) in [4.78, 5) is 31.2. The smallest absolute Gasteiger partial charge is 0.278 e. The van der Waals surface area contributed by atoms with Gasteiger partial charge < -0.3 is 14.6 Å². The maximum absolute atomic E-state index is 14.5. The molecule has 1 aromatic carbocycles. The summed E-state index contributed by atoms with van der Waals surface area (Å²) in [5.41, 5.74) is 4.50. The van der Waals surface area contributed by atoms with Crippen LogP contribution >= 0.6 is 0 Å². The van der Waals surface area contributed by atoms with Crippen molar-refractivity contribution in [1.29, 1.82) is 0 Å². The minimum atomic E-state index is -0.487. The van der Waals surface area contributed by atoms with Gasteiger partial charge in [-0.2, -0.15) is 0 Å². The molecule has 1 aliphatic heterocycles.